The summed E-state index contributed by atoms with van der Waals surface area (Å²) in [7, 11) is 1.73. The Bertz CT molecular complexity index is 272. The summed E-state index contributed by atoms with van der Waals surface area (Å²) in [5, 5.41) is 2.65. The first kappa shape index (κ1) is 14.0. The van der Waals surface area contributed by atoms with Crippen LogP contribution in [-0.2, 0) is 9.59 Å². The Morgan fingerprint density at radius 2 is 2.00 bits per heavy atom. The highest BCUT2D eigenvalue weighted by atomic mass is 16.2. The van der Waals surface area contributed by atoms with Gasteiger partial charge in [0.1, 0.15) is 6.04 Å². The molecule has 1 aliphatic rings. The number of hydrogen-bond acceptors (Lipinski definition) is 2. The van der Waals surface area contributed by atoms with E-state index in [1.807, 2.05) is 0 Å². The van der Waals surface area contributed by atoms with E-state index in [2.05, 4.69) is 12.2 Å². The average molecular weight is 242 g/mol. The fourth-order valence-electron chi connectivity index (χ4n) is 2.00. The SMILES string of the molecule is CCCCCCCCC(=O)N(C)[C@H]1CNC1=O.[HH]. The van der Waals surface area contributed by atoms with Crippen molar-refractivity contribution >= 4 is 11.8 Å². The lowest BCUT2D eigenvalue weighted by Crippen LogP contribution is -2.62. The zero-order chi connectivity index (χ0) is 12.7. The second-order valence-electron chi connectivity index (χ2n) is 4.78. The van der Waals surface area contributed by atoms with E-state index >= 15 is 0 Å². The lowest BCUT2D eigenvalue weighted by molar-refractivity contribution is -0.143. The Kier molecular flexibility index (Phi) is 6.01. The van der Waals surface area contributed by atoms with Crippen LogP contribution in [0.25, 0.3) is 0 Å². The van der Waals surface area contributed by atoms with Crippen LogP contribution >= 0.6 is 0 Å². The van der Waals surface area contributed by atoms with E-state index in [0.717, 1.165) is 12.8 Å². The molecular weight excluding hydrogens is 216 g/mol. The van der Waals surface area contributed by atoms with E-state index in [4.69, 9.17) is 0 Å². The van der Waals surface area contributed by atoms with Crippen LogP contribution in [0.5, 0.6) is 0 Å². The largest absolute Gasteiger partial charge is 0.352 e. The van der Waals surface area contributed by atoms with Crippen LogP contribution in [0.15, 0.2) is 0 Å². The van der Waals surface area contributed by atoms with Crippen molar-refractivity contribution in [2.45, 2.75) is 57.9 Å². The molecule has 0 aromatic carbocycles. The second-order valence-corrected chi connectivity index (χ2v) is 4.78. The van der Waals surface area contributed by atoms with Crippen molar-refractivity contribution in [3.05, 3.63) is 0 Å². The maximum Gasteiger partial charge on any atom is 0.244 e. The molecule has 0 saturated carbocycles. The summed E-state index contributed by atoms with van der Waals surface area (Å²) in [5.74, 6) is 0.0733. The minimum absolute atomic E-state index is 0. The molecule has 1 rings (SSSR count). The van der Waals surface area contributed by atoms with Crippen molar-refractivity contribution < 1.29 is 11.0 Å². The van der Waals surface area contributed by atoms with Gasteiger partial charge in [0.05, 0.1) is 0 Å². The Morgan fingerprint density at radius 1 is 1.35 bits per heavy atom. The molecule has 0 unspecified atom stereocenters. The van der Waals surface area contributed by atoms with E-state index in [0.29, 0.717) is 13.0 Å². The molecule has 0 spiro atoms. The first-order valence-electron chi connectivity index (χ1n) is 6.70. The van der Waals surface area contributed by atoms with Crippen LogP contribution in [-0.4, -0.2) is 36.3 Å². The molecule has 1 aliphatic heterocycles. The van der Waals surface area contributed by atoms with E-state index in [1.54, 1.807) is 11.9 Å². The van der Waals surface area contributed by atoms with Crippen LogP contribution in [0.1, 0.15) is 53.3 Å². The summed E-state index contributed by atoms with van der Waals surface area (Å²) in [5.41, 5.74) is 0. The van der Waals surface area contributed by atoms with Gasteiger partial charge in [0.25, 0.3) is 0 Å². The predicted octanol–water partition coefficient (Wildman–Crippen LogP) is 1.94. The summed E-state index contributed by atoms with van der Waals surface area (Å²) >= 11 is 0. The molecule has 1 N–H and O–H groups in total. The van der Waals surface area contributed by atoms with Crippen LogP contribution in [0.3, 0.4) is 0 Å². The molecule has 2 amide bonds. The average Bonchev–Trinajstić information content (AvgIpc) is 2.31. The van der Waals surface area contributed by atoms with Crippen LogP contribution < -0.4 is 5.32 Å². The fraction of sp³-hybridized carbons (Fsp3) is 0.846. The van der Waals surface area contributed by atoms with Gasteiger partial charge in [-0.15, -0.1) is 0 Å². The zero-order valence-electron chi connectivity index (χ0n) is 11.0. The third-order valence-electron chi connectivity index (χ3n) is 3.38. The van der Waals surface area contributed by atoms with Crippen LogP contribution in [0.4, 0.5) is 0 Å². The summed E-state index contributed by atoms with van der Waals surface area (Å²) in [4.78, 5) is 24.5. The Hall–Kier alpha value is -1.06. The fourth-order valence-corrected chi connectivity index (χ4v) is 2.00. The van der Waals surface area contributed by atoms with Crippen molar-refractivity contribution in [1.29, 1.82) is 0 Å². The highest BCUT2D eigenvalue weighted by molar-refractivity contribution is 5.92. The number of rotatable bonds is 8. The molecule has 0 radical (unpaired) electrons. The summed E-state index contributed by atoms with van der Waals surface area (Å²) in [6.07, 6.45) is 7.67. The lowest BCUT2D eigenvalue weighted by Gasteiger charge is -2.34. The topological polar surface area (TPSA) is 49.4 Å². The highest BCUT2D eigenvalue weighted by Crippen LogP contribution is 2.10. The van der Waals surface area contributed by atoms with E-state index < -0.39 is 0 Å². The molecule has 1 saturated heterocycles. The third-order valence-corrected chi connectivity index (χ3v) is 3.38. The summed E-state index contributed by atoms with van der Waals surface area (Å²) in [6.45, 7) is 2.81. The van der Waals surface area contributed by atoms with Gasteiger partial charge >= 0.3 is 0 Å². The first-order chi connectivity index (χ1) is 8.16. The molecular formula is C13H26N2O2. The monoisotopic (exact) mass is 242 g/mol. The second kappa shape index (κ2) is 7.30. The maximum absolute atomic E-state index is 11.8. The molecule has 0 bridgehead atoms. The van der Waals surface area contributed by atoms with Gasteiger partial charge in [0.15, 0.2) is 0 Å². The van der Waals surface area contributed by atoms with Crippen molar-refractivity contribution in [3.8, 4) is 0 Å². The molecule has 1 atom stereocenters. The third kappa shape index (κ3) is 4.36. The maximum atomic E-state index is 11.8. The smallest absolute Gasteiger partial charge is 0.244 e. The molecule has 1 heterocycles. The van der Waals surface area contributed by atoms with Gasteiger partial charge in [-0.25, -0.2) is 0 Å². The number of carbonyl (C=O) groups excluding carboxylic acids is 2. The number of carbonyl (C=O) groups is 2. The van der Waals surface area contributed by atoms with Gasteiger partial charge < -0.3 is 10.2 Å². The molecule has 1 fully saturated rings. The molecule has 0 aromatic heterocycles. The molecule has 4 heteroatoms. The predicted molar refractivity (Wildman–Crippen MR) is 69.7 cm³/mol. The van der Waals surface area contributed by atoms with Crippen LogP contribution in [0, 0.1) is 0 Å². The van der Waals surface area contributed by atoms with E-state index in [-0.39, 0.29) is 19.3 Å². The van der Waals surface area contributed by atoms with Gasteiger partial charge in [0, 0.05) is 21.4 Å². The van der Waals surface area contributed by atoms with Gasteiger partial charge in [-0.05, 0) is 6.42 Å². The van der Waals surface area contributed by atoms with Crippen molar-refractivity contribution in [3.63, 3.8) is 0 Å². The number of unbranched alkanes of at least 4 members (excludes halogenated alkanes) is 5. The minimum Gasteiger partial charge on any atom is -0.352 e. The zero-order valence-corrected chi connectivity index (χ0v) is 11.0. The van der Waals surface area contributed by atoms with Crippen molar-refractivity contribution in [1.82, 2.24) is 10.2 Å². The Balaban J connectivity index is 0.00000289. The molecule has 0 aromatic rings. The number of nitrogens with zero attached hydrogens (tertiary/aromatic N) is 1. The molecule has 4 nitrogen and oxygen atoms in total. The van der Waals surface area contributed by atoms with Crippen LogP contribution in [0.2, 0.25) is 0 Å². The first-order valence-corrected chi connectivity index (χ1v) is 6.70. The number of likely N-dealkylation sites (N-methyl/N-ethyl adjacent to an activating group) is 1. The molecule has 0 aliphatic carbocycles. The van der Waals surface area contributed by atoms with Gasteiger partial charge in [-0.3, -0.25) is 9.59 Å². The van der Waals surface area contributed by atoms with Gasteiger partial charge in [-0.1, -0.05) is 39.0 Å². The van der Waals surface area contributed by atoms with E-state index in [1.165, 1.54) is 25.7 Å². The normalized spacial score (nSPS) is 18.5. The molecule has 17 heavy (non-hydrogen) atoms. The van der Waals surface area contributed by atoms with E-state index in [9.17, 15) is 9.59 Å². The number of amides is 2. The lowest BCUT2D eigenvalue weighted by atomic mass is 10.1. The summed E-state index contributed by atoms with van der Waals surface area (Å²) in [6, 6.07) is -0.220. The Labute approximate surface area is 105 Å². The minimum atomic E-state index is -0.220. The number of β-lactam (4-membered cyclic amide) rings is 1. The van der Waals surface area contributed by atoms with Crippen molar-refractivity contribution in [2.24, 2.45) is 0 Å². The quantitative estimate of drug-likeness (QED) is 0.522. The Morgan fingerprint density at radius 3 is 2.53 bits per heavy atom. The number of nitrogens with one attached hydrogen (secondary N) is 1. The molecule has 100 valence electrons. The highest BCUT2D eigenvalue weighted by Gasteiger charge is 2.33. The summed E-state index contributed by atoms with van der Waals surface area (Å²) < 4.78 is 0. The number of hydrogen-bond donors (Lipinski definition) is 1. The standard InChI is InChI=1S/C13H24N2O2.H2/c1-3-4-5-6-7-8-9-12(16)15(2)11-10-14-13(11)17;/h11H,3-10H2,1-2H3,(H,14,17);1H/t11-;/m0./s1. The van der Waals surface area contributed by atoms with Gasteiger partial charge in [0.2, 0.25) is 11.8 Å². The van der Waals surface area contributed by atoms with Gasteiger partial charge in [-0.2, -0.15) is 0 Å². The van der Waals surface area contributed by atoms with Crippen molar-refractivity contribution in [2.75, 3.05) is 13.6 Å².